The summed E-state index contributed by atoms with van der Waals surface area (Å²) < 4.78 is 19.2. The first-order valence-electron chi connectivity index (χ1n) is 9.05. The zero-order valence-electron chi connectivity index (χ0n) is 16.2. The molecular weight excluding hydrogens is 379 g/mol. The van der Waals surface area contributed by atoms with Crippen LogP contribution >= 0.6 is 11.6 Å². The highest BCUT2D eigenvalue weighted by Gasteiger charge is 2.21. The molecule has 6 heteroatoms. The standard InChI is InChI=1S/C22H22ClFN2O2/c1-13(2)26(4)22(27)14(3)28-16-6-8-19-17(9-10-25-21(19)12-16)18-7-5-15(24)11-20(18)23/h5-14H,1-4H3/t14-/m1/s1. The van der Waals surface area contributed by atoms with E-state index < -0.39 is 6.10 Å². The van der Waals surface area contributed by atoms with Crippen molar-refractivity contribution in [2.24, 2.45) is 0 Å². The molecule has 0 N–H and O–H groups in total. The molecule has 0 fully saturated rings. The molecule has 0 bridgehead atoms. The Kier molecular flexibility index (Phi) is 5.84. The molecule has 0 aliphatic rings. The quantitative estimate of drug-likeness (QED) is 0.581. The molecular formula is C22H22ClFN2O2. The fourth-order valence-electron chi connectivity index (χ4n) is 2.94. The van der Waals surface area contributed by atoms with Crippen molar-refractivity contribution in [1.82, 2.24) is 9.88 Å². The van der Waals surface area contributed by atoms with Crippen LogP contribution in [0.3, 0.4) is 0 Å². The smallest absolute Gasteiger partial charge is 0.263 e. The Balaban J connectivity index is 1.92. The van der Waals surface area contributed by atoms with Crippen LogP contribution in [-0.4, -0.2) is 35.0 Å². The van der Waals surface area contributed by atoms with Crippen LogP contribution in [0.2, 0.25) is 5.02 Å². The molecule has 0 saturated heterocycles. The third-order valence-electron chi connectivity index (χ3n) is 4.72. The zero-order valence-corrected chi connectivity index (χ0v) is 17.0. The van der Waals surface area contributed by atoms with E-state index >= 15 is 0 Å². The third kappa shape index (κ3) is 4.09. The first-order chi connectivity index (χ1) is 13.3. The van der Waals surface area contributed by atoms with Gasteiger partial charge in [-0.2, -0.15) is 0 Å². The second-order valence-electron chi connectivity index (χ2n) is 6.96. The summed E-state index contributed by atoms with van der Waals surface area (Å²) in [5.74, 6) is 0.0862. The van der Waals surface area contributed by atoms with Crippen molar-refractivity contribution in [3.63, 3.8) is 0 Å². The summed E-state index contributed by atoms with van der Waals surface area (Å²) in [6, 6.07) is 11.7. The topological polar surface area (TPSA) is 42.4 Å². The monoisotopic (exact) mass is 400 g/mol. The van der Waals surface area contributed by atoms with Crippen LogP contribution < -0.4 is 4.74 Å². The number of carbonyl (C=O) groups excluding carboxylic acids is 1. The van der Waals surface area contributed by atoms with E-state index in [2.05, 4.69) is 4.98 Å². The second kappa shape index (κ2) is 8.15. The number of nitrogens with zero attached hydrogens (tertiary/aromatic N) is 2. The number of carbonyl (C=O) groups is 1. The van der Waals surface area contributed by atoms with Crippen molar-refractivity contribution >= 4 is 28.4 Å². The van der Waals surface area contributed by atoms with Gasteiger partial charge in [-0.1, -0.05) is 11.6 Å². The normalized spacial score (nSPS) is 12.2. The fraction of sp³-hybridized carbons (Fsp3) is 0.273. The van der Waals surface area contributed by atoms with Gasteiger partial charge >= 0.3 is 0 Å². The van der Waals surface area contributed by atoms with Crippen molar-refractivity contribution in [2.75, 3.05) is 7.05 Å². The molecule has 1 heterocycles. The van der Waals surface area contributed by atoms with E-state index in [9.17, 15) is 9.18 Å². The van der Waals surface area contributed by atoms with E-state index in [0.29, 0.717) is 16.3 Å². The molecule has 0 unspecified atom stereocenters. The number of hydrogen-bond donors (Lipinski definition) is 0. The van der Waals surface area contributed by atoms with Gasteiger partial charge in [0.2, 0.25) is 0 Å². The molecule has 3 rings (SSSR count). The highest BCUT2D eigenvalue weighted by atomic mass is 35.5. The van der Waals surface area contributed by atoms with Gasteiger partial charge in [0.15, 0.2) is 6.10 Å². The van der Waals surface area contributed by atoms with Crippen LogP contribution in [0.4, 0.5) is 4.39 Å². The minimum Gasteiger partial charge on any atom is -0.481 e. The molecule has 0 aliphatic carbocycles. The summed E-state index contributed by atoms with van der Waals surface area (Å²) in [5.41, 5.74) is 2.28. The number of halogens is 2. The summed E-state index contributed by atoms with van der Waals surface area (Å²) in [5, 5.41) is 1.20. The van der Waals surface area contributed by atoms with Gasteiger partial charge in [-0.3, -0.25) is 9.78 Å². The molecule has 0 spiro atoms. The first kappa shape index (κ1) is 20.1. The van der Waals surface area contributed by atoms with Gasteiger partial charge in [0.25, 0.3) is 5.91 Å². The van der Waals surface area contributed by atoms with Crippen molar-refractivity contribution in [2.45, 2.75) is 32.9 Å². The summed E-state index contributed by atoms with van der Waals surface area (Å²) >= 11 is 6.23. The van der Waals surface area contributed by atoms with Crippen LogP contribution in [0.1, 0.15) is 20.8 Å². The van der Waals surface area contributed by atoms with E-state index in [1.165, 1.54) is 12.1 Å². The lowest BCUT2D eigenvalue weighted by molar-refractivity contribution is -0.138. The number of amides is 1. The predicted molar refractivity (Wildman–Crippen MR) is 110 cm³/mol. The van der Waals surface area contributed by atoms with Crippen LogP contribution in [-0.2, 0) is 4.79 Å². The highest BCUT2D eigenvalue weighted by Crippen LogP contribution is 2.34. The number of fused-ring (bicyclic) bond motifs is 1. The van der Waals surface area contributed by atoms with Crippen molar-refractivity contribution < 1.29 is 13.9 Å². The maximum atomic E-state index is 13.4. The maximum Gasteiger partial charge on any atom is 0.263 e. The number of likely N-dealkylation sites (N-methyl/N-ethyl adjacent to an activating group) is 1. The lowest BCUT2D eigenvalue weighted by Gasteiger charge is -2.25. The minimum atomic E-state index is -0.612. The number of pyridine rings is 1. The number of benzene rings is 2. The average Bonchev–Trinajstić information content (AvgIpc) is 2.66. The Morgan fingerprint density at radius 1 is 1.11 bits per heavy atom. The van der Waals surface area contributed by atoms with Crippen LogP contribution in [0.25, 0.3) is 22.0 Å². The SMILES string of the molecule is CC(C)N(C)C(=O)[C@@H](C)Oc1ccc2c(-c3ccc(F)cc3Cl)ccnc2c1. The van der Waals surface area contributed by atoms with Gasteiger partial charge in [0.05, 0.1) is 10.5 Å². The molecule has 1 aromatic heterocycles. The molecule has 0 saturated carbocycles. The summed E-state index contributed by atoms with van der Waals surface area (Å²) in [6.45, 7) is 5.63. The zero-order chi connectivity index (χ0) is 20.4. The highest BCUT2D eigenvalue weighted by molar-refractivity contribution is 6.33. The maximum absolute atomic E-state index is 13.4. The molecule has 3 aromatic rings. The van der Waals surface area contributed by atoms with Gasteiger partial charge in [-0.15, -0.1) is 0 Å². The number of ether oxygens (including phenoxy) is 1. The lowest BCUT2D eigenvalue weighted by atomic mass is 10.0. The second-order valence-corrected chi connectivity index (χ2v) is 7.37. The van der Waals surface area contributed by atoms with Gasteiger partial charge in [0, 0.05) is 36.3 Å². The minimum absolute atomic E-state index is 0.0881. The average molecular weight is 401 g/mol. The number of rotatable bonds is 5. The summed E-state index contributed by atoms with van der Waals surface area (Å²) in [7, 11) is 1.76. The van der Waals surface area contributed by atoms with E-state index in [4.69, 9.17) is 16.3 Å². The summed E-state index contributed by atoms with van der Waals surface area (Å²) in [4.78, 5) is 18.4. The van der Waals surface area contributed by atoms with Crippen LogP contribution in [0, 0.1) is 5.82 Å². The largest absolute Gasteiger partial charge is 0.481 e. The fourth-order valence-corrected chi connectivity index (χ4v) is 3.21. The van der Waals surface area contributed by atoms with E-state index in [1.807, 2.05) is 26.0 Å². The third-order valence-corrected chi connectivity index (χ3v) is 5.03. The van der Waals surface area contributed by atoms with Gasteiger partial charge < -0.3 is 9.64 Å². The molecule has 2 aromatic carbocycles. The van der Waals surface area contributed by atoms with Crippen molar-refractivity contribution in [3.05, 3.63) is 59.5 Å². The predicted octanol–water partition coefficient (Wildman–Crippen LogP) is 5.33. The summed E-state index contributed by atoms with van der Waals surface area (Å²) in [6.07, 6.45) is 1.06. The number of aromatic nitrogens is 1. The lowest BCUT2D eigenvalue weighted by Crippen LogP contribution is -2.41. The molecule has 4 nitrogen and oxygen atoms in total. The molecule has 0 aliphatic heterocycles. The molecule has 28 heavy (non-hydrogen) atoms. The van der Waals surface area contributed by atoms with Gasteiger partial charge in [-0.05, 0) is 62.7 Å². The Labute approximate surface area is 168 Å². The van der Waals surface area contributed by atoms with E-state index in [-0.39, 0.29) is 17.8 Å². The number of hydrogen-bond acceptors (Lipinski definition) is 3. The van der Waals surface area contributed by atoms with Crippen LogP contribution in [0.5, 0.6) is 5.75 Å². The van der Waals surface area contributed by atoms with Gasteiger partial charge in [0.1, 0.15) is 11.6 Å². The molecule has 1 atom stereocenters. The Morgan fingerprint density at radius 2 is 1.86 bits per heavy atom. The van der Waals surface area contributed by atoms with E-state index in [0.717, 1.165) is 16.5 Å². The Morgan fingerprint density at radius 3 is 2.54 bits per heavy atom. The first-order valence-corrected chi connectivity index (χ1v) is 9.43. The van der Waals surface area contributed by atoms with Gasteiger partial charge in [-0.25, -0.2) is 4.39 Å². The Hall–Kier alpha value is -2.66. The van der Waals surface area contributed by atoms with Crippen molar-refractivity contribution in [1.29, 1.82) is 0 Å². The molecule has 0 radical (unpaired) electrons. The molecule has 1 amide bonds. The molecule has 146 valence electrons. The van der Waals surface area contributed by atoms with E-state index in [1.54, 1.807) is 43.3 Å². The van der Waals surface area contributed by atoms with Crippen molar-refractivity contribution in [3.8, 4) is 16.9 Å². The van der Waals surface area contributed by atoms with Crippen LogP contribution in [0.15, 0.2) is 48.7 Å². The Bertz CT molecular complexity index is 1020.